The molecule has 4 N–H and O–H groups in total. The molecule has 0 fully saturated rings. The van der Waals surface area contributed by atoms with E-state index in [2.05, 4.69) is 15.9 Å². The number of alkyl halides is 1. The summed E-state index contributed by atoms with van der Waals surface area (Å²) in [4.78, 5) is 12.2. The molecule has 0 saturated heterocycles. The Hall–Kier alpha value is -2.71. The number of nitrogens with two attached hydrogens (primary N) is 2. The van der Waals surface area contributed by atoms with Crippen LogP contribution in [0.25, 0.3) is 0 Å². The second-order valence-electron chi connectivity index (χ2n) is 6.43. The monoisotopic (exact) mass is 493 g/mol. The Bertz CT molecular complexity index is 843. The first kappa shape index (κ1) is 26.3. The van der Waals surface area contributed by atoms with Crippen molar-refractivity contribution in [2.45, 2.75) is 38.6 Å². The lowest BCUT2D eigenvalue weighted by molar-refractivity contribution is -0.139. The SMILES string of the molecule is CC.CCOC(=O)/C(N)=C(\OC1=CC=CC(C)(Br)C=C1)N(N)Cc1ccc(OC)cc1. The maximum atomic E-state index is 12.2. The van der Waals surface area contributed by atoms with Gasteiger partial charge in [-0.15, -0.1) is 0 Å². The molecule has 2 rings (SSSR count). The standard InChI is InChI=1S/C21H26BrN3O4.C2H6/c1-4-28-20(26)18(23)19(29-17-6-5-12-21(2,22)13-11-17)25(24)14-15-7-9-16(27-3)10-8-15;1-2/h5-13H,4,14,23-24H2,1-3H3;1-2H3/b19-18+;. The van der Waals surface area contributed by atoms with E-state index in [1.807, 2.05) is 63.3 Å². The van der Waals surface area contributed by atoms with Gasteiger partial charge in [-0.25, -0.2) is 10.6 Å². The van der Waals surface area contributed by atoms with Gasteiger partial charge in [0, 0.05) is 0 Å². The minimum atomic E-state index is -0.702. The third kappa shape index (κ3) is 8.51. The molecule has 31 heavy (non-hydrogen) atoms. The molecule has 170 valence electrons. The lowest BCUT2D eigenvalue weighted by Gasteiger charge is -2.24. The number of hydrogen-bond acceptors (Lipinski definition) is 7. The number of hydrogen-bond donors (Lipinski definition) is 2. The number of carbonyl (C=O) groups excluding carboxylic acids is 1. The van der Waals surface area contributed by atoms with E-state index in [0.29, 0.717) is 5.76 Å². The summed E-state index contributed by atoms with van der Waals surface area (Å²) in [6.07, 6.45) is 9.23. The van der Waals surface area contributed by atoms with Gasteiger partial charge in [0.25, 0.3) is 0 Å². The van der Waals surface area contributed by atoms with Crippen LogP contribution in [0, 0.1) is 0 Å². The summed E-state index contributed by atoms with van der Waals surface area (Å²) in [5.41, 5.74) is 6.68. The van der Waals surface area contributed by atoms with Crippen LogP contribution in [0.5, 0.6) is 5.75 Å². The van der Waals surface area contributed by atoms with Crippen LogP contribution in [0.2, 0.25) is 0 Å². The van der Waals surface area contributed by atoms with E-state index in [1.54, 1.807) is 26.2 Å². The molecule has 1 aromatic rings. The fourth-order valence-electron chi connectivity index (χ4n) is 2.43. The summed E-state index contributed by atoms with van der Waals surface area (Å²) < 4.78 is 15.8. The summed E-state index contributed by atoms with van der Waals surface area (Å²) in [7, 11) is 1.60. The summed E-state index contributed by atoms with van der Waals surface area (Å²) in [5, 5.41) is 1.27. The number of allylic oxidation sites excluding steroid dienone is 5. The number of halogens is 1. The second-order valence-corrected chi connectivity index (χ2v) is 8.14. The number of benzene rings is 1. The normalized spacial score (nSPS) is 18.0. The molecule has 0 aliphatic heterocycles. The first-order chi connectivity index (χ1) is 14.8. The zero-order chi connectivity index (χ0) is 23.4. The highest BCUT2D eigenvalue weighted by atomic mass is 79.9. The fourth-order valence-corrected chi connectivity index (χ4v) is 2.72. The number of rotatable bonds is 8. The van der Waals surface area contributed by atoms with E-state index in [4.69, 9.17) is 25.8 Å². The van der Waals surface area contributed by atoms with Gasteiger partial charge in [-0.2, -0.15) is 0 Å². The molecule has 7 nitrogen and oxygen atoms in total. The van der Waals surface area contributed by atoms with E-state index < -0.39 is 5.97 Å². The first-order valence-corrected chi connectivity index (χ1v) is 10.8. The van der Waals surface area contributed by atoms with Gasteiger partial charge in [0.15, 0.2) is 5.70 Å². The van der Waals surface area contributed by atoms with Crippen LogP contribution in [-0.2, 0) is 20.8 Å². The molecule has 0 bridgehead atoms. The van der Waals surface area contributed by atoms with Crippen molar-refractivity contribution in [1.29, 1.82) is 0 Å². The number of hydrazine groups is 1. The highest BCUT2D eigenvalue weighted by Crippen LogP contribution is 2.26. The summed E-state index contributed by atoms with van der Waals surface area (Å²) in [6.45, 7) is 8.12. The second kappa shape index (κ2) is 12.9. The first-order valence-electron chi connectivity index (χ1n) is 10.0. The average Bonchev–Trinajstić information content (AvgIpc) is 2.93. The highest BCUT2D eigenvalue weighted by Gasteiger charge is 2.22. The van der Waals surface area contributed by atoms with Gasteiger partial charge in [0.05, 0.1) is 24.6 Å². The van der Waals surface area contributed by atoms with Crippen molar-refractivity contribution in [1.82, 2.24) is 5.01 Å². The summed E-state index contributed by atoms with van der Waals surface area (Å²) in [6, 6.07) is 7.36. The zero-order valence-electron chi connectivity index (χ0n) is 18.7. The smallest absolute Gasteiger partial charge is 0.359 e. The van der Waals surface area contributed by atoms with Gasteiger partial charge in [-0.05, 0) is 43.7 Å². The molecule has 0 aromatic heterocycles. The van der Waals surface area contributed by atoms with E-state index in [9.17, 15) is 4.79 Å². The number of carbonyl (C=O) groups is 1. The Kier molecular flexibility index (Phi) is 10.9. The van der Waals surface area contributed by atoms with Crippen molar-refractivity contribution in [3.8, 4) is 5.75 Å². The largest absolute Gasteiger partial charge is 0.497 e. The van der Waals surface area contributed by atoms with Crippen molar-refractivity contribution in [2.24, 2.45) is 11.6 Å². The summed E-state index contributed by atoms with van der Waals surface area (Å²) in [5.74, 6) is 6.72. The van der Waals surface area contributed by atoms with E-state index in [0.717, 1.165) is 11.3 Å². The van der Waals surface area contributed by atoms with Crippen molar-refractivity contribution < 1.29 is 19.0 Å². The molecular weight excluding hydrogens is 462 g/mol. The number of esters is 1. The van der Waals surface area contributed by atoms with Crippen molar-refractivity contribution in [3.63, 3.8) is 0 Å². The van der Waals surface area contributed by atoms with Gasteiger partial charge in [-0.1, -0.05) is 60.1 Å². The van der Waals surface area contributed by atoms with Crippen molar-refractivity contribution in [2.75, 3.05) is 13.7 Å². The van der Waals surface area contributed by atoms with Crippen LogP contribution in [-0.4, -0.2) is 29.0 Å². The Morgan fingerprint density at radius 1 is 1.19 bits per heavy atom. The van der Waals surface area contributed by atoms with Gasteiger partial charge >= 0.3 is 5.97 Å². The molecular formula is C23H32BrN3O4. The van der Waals surface area contributed by atoms with Gasteiger partial charge in [0.1, 0.15) is 11.5 Å². The lowest BCUT2D eigenvalue weighted by atomic mass is 10.1. The third-order valence-electron chi connectivity index (χ3n) is 3.97. The Labute approximate surface area is 193 Å². The van der Waals surface area contributed by atoms with Crippen LogP contribution >= 0.6 is 15.9 Å². The number of methoxy groups -OCH3 is 1. The maximum absolute atomic E-state index is 12.2. The number of ether oxygens (including phenoxy) is 3. The molecule has 1 unspecified atom stereocenters. The van der Waals surface area contributed by atoms with Crippen LogP contribution in [0.3, 0.4) is 0 Å². The van der Waals surface area contributed by atoms with Crippen molar-refractivity contribution in [3.05, 3.63) is 77.5 Å². The fraction of sp³-hybridized carbons (Fsp3) is 0.348. The molecule has 1 aliphatic rings. The predicted molar refractivity (Wildman–Crippen MR) is 127 cm³/mol. The van der Waals surface area contributed by atoms with E-state index >= 15 is 0 Å². The predicted octanol–water partition coefficient (Wildman–Crippen LogP) is 4.27. The summed E-state index contributed by atoms with van der Waals surface area (Å²) >= 11 is 3.58. The van der Waals surface area contributed by atoms with Crippen LogP contribution < -0.4 is 16.3 Å². The average molecular weight is 494 g/mol. The minimum Gasteiger partial charge on any atom is -0.497 e. The molecule has 1 aromatic carbocycles. The van der Waals surface area contributed by atoms with E-state index in [-0.39, 0.29) is 29.1 Å². The van der Waals surface area contributed by atoms with Crippen LogP contribution in [0.1, 0.15) is 33.3 Å². The molecule has 1 aliphatic carbocycles. The van der Waals surface area contributed by atoms with Crippen LogP contribution in [0.4, 0.5) is 0 Å². The molecule has 0 heterocycles. The van der Waals surface area contributed by atoms with Gasteiger partial charge in [-0.3, -0.25) is 5.01 Å². The molecule has 0 spiro atoms. The molecule has 1 atom stereocenters. The Balaban J connectivity index is 0.00000233. The van der Waals surface area contributed by atoms with Gasteiger partial charge in [0.2, 0.25) is 5.88 Å². The number of nitrogens with zero attached hydrogens (tertiary/aromatic N) is 1. The minimum absolute atomic E-state index is 0.00161. The van der Waals surface area contributed by atoms with Crippen LogP contribution in [0.15, 0.2) is 72.0 Å². The lowest BCUT2D eigenvalue weighted by Crippen LogP contribution is -2.35. The molecule has 0 saturated carbocycles. The van der Waals surface area contributed by atoms with Gasteiger partial charge < -0.3 is 19.9 Å². The molecule has 8 heteroatoms. The highest BCUT2D eigenvalue weighted by molar-refractivity contribution is 9.10. The van der Waals surface area contributed by atoms with Crippen molar-refractivity contribution >= 4 is 21.9 Å². The third-order valence-corrected chi connectivity index (χ3v) is 4.50. The molecule has 0 radical (unpaired) electrons. The Morgan fingerprint density at radius 2 is 1.84 bits per heavy atom. The molecule has 0 amide bonds. The zero-order valence-corrected chi connectivity index (χ0v) is 20.3. The quantitative estimate of drug-likeness (QED) is 0.139. The Morgan fingerprint density at radius 3 is 2.42 bits per heavy atom. The maximum Gasteiger partial charge on any atom is 0.359 e. The van der Waals surface area contributed by atoms with E-state index in [1.165, 1.54) is 5.01 Å². The topological polar surface area (TPSA) is 100 Å².